The molecule has 5 rings (SSSR count). The smallest absolute Gasteiger partial charge is 0.223 e. The Kier molecular flexibility index (Phi) is 7.00. The highest BCUT2D eigenvalue weighted by molar-refractivity contribution is 7.98. The lowest BCUT2D eigenvalue weighted by Crippen LogP contribution is -2.33. The number of nitrogens with one attached hydrogen (secondary N) is 1. The topological polar surface area (TPSA) is 59.8 Å². The van der Waals surface area contributed by atoms with E-state index in [1.165, 1.54) is 16.7 Å². The lowest BCUT2D eigenvalue weighted by molar-refractivity contribution is -0.123. The van der Waals surface area contributed by atoms with Crippen LogP contribution in [-0.2, 0) is 17.0 Å². The lowest BCUT2D eigenvalue weighted by atomic mass is 10.0. The van der Waals surface area contributed by atoms with Gasteiger partial charge in [0.1, 0.15) is 0 Å². The van der Waals surface area contributed by atoms with Crippen LogP contribution in [0.25, 0.3) is 5.69 Å². The number of hydrogen-bond donors (Lipinski definition) is 1. The van der Waals surface area contributed by atoms with Gasteiger partial charge >= 0.3 is 0 Å². The third-order valence-electron chi connectivity index (χ3n) is 6.26. The van der Waals surface area contributed by atoms with Crippen LogP contribution in [0.15, 0.2) is 84.0 Å². The van der Waals surface area contributed by atoms with Crippen LogP contribution in [-0.4, -0.2) is 20.7 Å². The maximum absolute atomic E-state index is 12.8. The first kappa shape index (κ1) is 23.4. The number of benzene rings is 3. The molecular weight excluding hydrogens is 452 g/mol. The number of amides is 1. The Hall–Kier alpha value is -3.38. The minimum atomic E-state index is -0.271. The summed E-state index contributed by atoms with van der Waals surface area (Å²) < 4.78 is 2.11. The van der Waals surface area contributed by atoms with Crippen molar-refractivity contribution < 1.29 is 4.79 Å². The molecule has 1 N–H and O–H groups in total. The van der Waals surface area contributed by atoms with Gasteiger partial charge in [-0.05, 0) is 56.4 Å². The molecule has 1 heterocycles. The largest absolute Gasteiger partial charge is 0.345 e. The molecule has 1 fully saturated rings. The van der Waals surface area contributed by atoms with E-state index in [0.29, 0.717) is 6.42 Å². The number of hydrogen-bond acceptors (Lipinski definition) is 4. The van der Waals surface area contributed by atoms with Crippen molar-refractivity contribution in [2.75, 3.05) is 0 Å². The Morgan fingerprint density at radius 2 is 1.69 bits per heavy atom. The summed E-state index contributed by atoms with van der Waals surface area (Å²) in [6.07, 6.45) is 2.59. The predicted octanol–water partition coefficient (Wildman–Crippen LogP) is 5.99. The molecule has 4 aromatic rings. The molecule has 35 heavy (non-hydrogen) atoms. The predicted molar refractivity (Wildman–Crippen MR) is 141 cm³/mol. The Morgan fingerprint density at radius 1 is 0.943 bits per heavy atom. The van der Waals surface area contributed by atoms with Crippen LogP contribution in [0.4, 0.5) is 0 Å². The normalized spacial score (nSPS) is 14.0. The number of nitrogens with zero attached hydrogens (tertiary/aromatic N) is 3. The van der Waals surface area contributed by atoms with Gasteiger partial charge in [-0.2, -0.15) is 0 Å². The first-order chi connectivity index (χ1) is 17.1. The van der Waals surface area contributed by atoms with Gasteiger partial charge in [0.2, 0.25) is 5.91 Å². The molecule has 6 heteroatoms. The molecule has 0 radical (unpaired) electrons. The molecule has 178 valence electrons. The zero-order valence-electron chi connectivity index (χ0n) is 20.1. The molecule has 0 bridgehead atoms. The second-order valence-electron chi connectivity index (χ2n) is 9.31. The minimum absolute atomic E-state index is 0.110. The molecule has 1 atom stereocenters. The van der Waals surface area contributed by atoms with E-state index in [-0.39, 0.29) is 17.9 Å². The first-order valence-corrected chi connectivity index (χ1v) is 13.1. The summed E-state index contributed by atoms with van der Waals surface area (Å²) >= 11 is 1.67. The van der Waals surface area contributed by atoms with E-state index in [0.717, 1.165) is 40.8 Å². The summed E-state index contributed by atoms with van der Waals surface area (Å²) in [5.41, 5.74) is 5.84. The number of thioether (sulfide) groups is 1. The van der Waals surface area contributed by atoms with Crippen LogP contribution in [0, 0.1) is 19.8 Å². The summed E-state index contributed by atoms with van der Waals surface area (Å²) in [7, 11) is 0. The highest BCUT2D eigenvalue weighted by atomic mass is 32.2. The van der Waals surface area contributed by atoms with Crippen LogP contribution < -0.4 is 5.32 Å². The zero-order valence-corrected chi connectivity index (χ0v) is 21.0. The Morgan fingerprint density at radius 3 is 2.40 bits per heavy atom. The fourth-order valence-electron chi connectivity index (χ4n) is 4.18. The number of carbonyl (C=O) groups excluding carboxylic acids is 1. The van der Waals surface area contributed by atoms with Crippen molar-refractivity contribution >= 4 is 17.7 Å². The molecular formula is C29H30N4OS. The maximum atomic E-state index is 12.8. The van der Waals surface area contributed by atoms with E-state index >= 15 is 0 Å². The van der Waals surface area contributed by atoms with Crippen LogP contribution in [0.2, 0.25) is 0 Å². The fourth-order valence-corrected chi connectivity index (χ4v) is 5.08. The summed E-state index contributed by atoms with van der Waals surface area (Å²) in [5.74, 6) is 1.79. The maximum Gasteiger partial charge on any atom is 0.223 e. The van der Waals surface area contributed by atoms with Gasteiger partial charge in [0.25, 0.3) is 0 Å². The van der Waals surface area contributed by atoms with Gasteiger partial charge in [-0.25, -0.2) is 0 Å². The second kappa shape index (κ2) is 10.5. The molecule has 5 nitrogen and oxygen atoms in total. The van der Waals surface area contributed by atoms with Crippen molar-refractivity contribution in [2.45, 2.75) is 50.1 Å². The molecule has 0 spiro atoms. The van der Waals surface area contributed by atoms with E-state index in [1.807, 2.05) is 18.2 Å². The third kappa shape index (κ3) is 5.82. The Labute approximate surface area is 211 Å². The molecule has 1 unspecified atom stereocenters. The molecule has 1 aliphatic rings. The Bertz CT molecular complexity index is 1300. The van der Waals surface area contributed by atoms with Gasteiger partial charge in [0, 0.05) is 17.4 Å². The highest BCUT2D eigenvalue weighted by Crippen LogP contribution is 2.32. The van der Waals surface area contributed by atoms with Crippen LogP contribution in [0.5, 0.6) is 0 Å². The fraction of sp³-hybridized carbons (Fsp3) is 0.276. The van der Waals surface area contributed by atoms with Crippen molar-refractivity contribution in [3.05, 3.63) is 107 Å². The van der Waals surface area contributed by atoms with Crippen molar-refractivity contribution in [1.29, 1.82) is 0 Å². The number of aromatic nitrogens is 3. The second-order valence-corrected chi connectivity index (χ2v) is 10.3. The van der Waals surface area contributed by atoms with E-state index < -0.39 is 0 Å². The first-order valence-electron chi connectivity index (χ1n) is 12.1. The van der Waals surface area contributed by atoms with Crippen LogP contribution >= 0.6 is 11.8 Å². The van der Waals surface area contributed by atoms with Gasteiger partial charge < -0.3 is 5.32 Å². The summed E-state index contributed by atoms with van der Waals surface area (Å²) in [4.78, 5) is 12.8. The molecule has 0 aliphatic heterocycles. The number of rotatable bonds is 9. The number of aryl methyl sites for hydroxylation is 2. The van der Waals surface area contributed by atoms with Gasteiger partial charge in [-0.1, -0.05) is 89.6 Å². The minimum Gasteiger partial charge on any atom is -0.345 e. The molecule has 1 aromatic heterocycles. The van der Waals surface area contributed by atoms with Crippen molar-refractivity contribution in [2.24, 2.45) is 5.92 Å². The molecule has 1 aliphatic carbocycles. The van der Waals surface area contributed by atoms with Gasteiger partial charge in [-0.15, -0.1) is 10.2 Å². The molecule has 1 amide bonds. The average molecular weight is 483 g/mol. The van der Waals surface area contributed by atoms with E-state index in [4.69, 9.17) is 0 Å². The SMILES string of the molecule is Cc1ccc(-n2c(SCc3cccc(C)c3)nnc2C(Cc2ccccc2)NC(=O)C2CC2)cc1. The van der Waals surface area contributed by atoms with Crippen molar-refractivity contribution in [3.63, 3.8) is 0 Å². The summed E-state index contributed by atoms with van der Waals surface area (Å²) in [6, 6.07) is 26.9. The quantitative estimate of drug-likeness (QED) is 0.298. The summed E-state index contributed by atoms with van der Waals surface area (Å²) in [5, 5.41) is 13.4. The van der Waals surface area contributed by atoms with E-state index in [2.05, 4.69) is 94.6 Å². The average Bonchev–Trinajstić information content (AvgIpc) is 3.63. The van der Waals surface area contributed by atoms with E-state index in [9.17, 15) is 4.79 Å². The summed E-state index contributed by atoms with van der Waals surface area (Å²) in [6.45, 7) is 4.19. The monoisotopic (exact) mass is 482 g/mol. The number of carbonyl (C=O) groups is 1. The van der Waals surface area contributed by atoms with Crippen LogP contribution in [0.1, 0.15) is 47.0 Å². The van der Waals surface area contributed by atoms with Crippen molar-refractivity contribution in [3.8, 4) is 5.69 Å². The molecule has 0 saturated heterocycles. The van der Waals surface area contributed by atoms with Crippen molar-refractivity contribution in [1.82, 2.24) is 20.1 Å². The Balaban J connectivity index is 1.51. The molecule has 1 saturated carbocycles. The van der Waals surface area contributed by atoms with Gasteiger partial charge in [-0.3, -0.25) is 9.36 Å². The zero-order chi connectivity index (χ0) is 24.2. The molecule has 3 aromatic carbocycles. The lowest BCUT2D eigenvalue weighted by Gasteiger charge is -2.20. The van der Waals surface area contributed by atoms with Crippen LogP contribution in [0.3, 0.4) is 0 Å². The van der Waals surface area contributed by atoms with E-state index in [1.54, 1.807) is 11.8 Å². The third-order valence-corrected chi connectivity index (χ3v) is 7.26. The standard InChI is InChI=1S/C29H30N4OS/c1-20-11-15-25(16-12-20)33-27(31-32-29(33)35-19-23-10-6-7-21(2)17-23)26(30-28(34)24-13-14-24)18-22-8-4-3-5-9-22/h3-12,15-17,24,26H,13-14,18-19H2,1-2H3,(H,30,34). The van der Waals surface area contributed by atoms with Gasteiger partial charge in [0.15, 0.2) is 11.0 Å². The highest BCUT2D eigenvalue weighted by Gasteiger charge is 2.33. The van der Waals surface area contributed by atoms with Gasteiger partial charge in [0.05, 0.1) is 6.04 Å².